The lowest BCUT2D eigenvalue weighted by Crippen LogP contribution is -2.32. The molecule has 0 unspecified atom stereocenters. The van der Waals surface area contributed by atoms with E-state index in [9.17, 15) is 14.4 Å². The van der Waals surface area contributed by atoms with E-state index in [1.54, 1.807) is 0 Å². The van der Waals surface area contributed by atoms with Crippen molar-refractivity contribution in [3.8, 4) is 0 Å². The molecule has 0 aromatic heterocycles. The molecule has 22 heavy (non-hydrogen) atoms. The van der Waals surface area contributed by atoms with Gasteiger partial charge in [0.05, 0.1) is 19.8 Å². The molecule has 0 saturated carbocycles. The van der Waals surface area contributed by atoms with E-state index in [4.69, 9.17) is 20.4 Å². The first-order chi connectivity index (χ1) is 10.2. The molecule has 0 bridgehead atoms. The molecule has 4 N–H and O–H groups in total. The maximum Gasteiger partial charge on any atom is 0.338 e. The number of esters is 2. The van der Waals surface area contributed by atoms with Crippen LogP contribution in [0.4, 0.5) is 0 Å². The van der Waals surface area contributed by atoms with Crippen molar-refractivity contribution >= 4 is 17.9 Å². The van der Waals surface area contributed by atoms with E-state index >= 15 is 0 Å². The monoisotopic (exact) mass is 318 g/mol. The SMILES string of the molecule is C=C(C)C(=O)O.CCC(CO)(CO)CO.O=C1C=CC(=O)O1. The molecule has 0 atom stereocenters. The molecule has 1 aliphatic heterocycles. The highest BCUT2D eigenvalue weighted by Gasteiger charge is 2.24. The molecule has 0 aromatic carbocycles. The van der Waals surface area contributed by atoms with Gasteiger partial charge in [-0.1, -0.05) is 13.5 Å². The Labute approximate surface area is 128 Å². The summed E-state index contributed by atoms with van der Waals surface area (Å²) in [6.45, 7) is 5.96. The number of aliphatic hydroxyl groups is 3. The Morgan fingerprint density at radius 1 is 1.14 bits per heavy atom. The number of carbonyl (C=O) groups excluding carboxylic acids is 2. The van der Waals surface area contributed by atoms with Crippen LogP contribution in [0, 0.1) is 5.41 Å². The van der Waals surface area contributed by atoms with Crippen molar-refractivity contribution in [1.82, 2.24) is 0 Å². The molecule has 0 amide bonds. The Morgan fingerprint density at radius 3 is 1.50 bits per heavy atom. The van der Waals surface area contributed by atoms with Crippen LogP contribution in [0.5, 0.6) is 0 Å². The van der Waals surface area contributed by atoms with Crippen molar-refractivity contribution in [2.75, 3.05) is 19.8 Å². The highest BCUT2D eigenvalue weighted by molar-refractivity contribution is 6.04. The molecule has 8 heteroatoms. The van der Waals surface area contributed by atoms with Crippen LogP contribution in [0.3, 0.4) is 0 Å². The minimum Gasteiger partial charge on any atom is -0.478 e. The smallest absolute Gasteiger partial charge is 0.338 e. The first kappa shape index (κ1) is 22.3. The highest BCUT2D eigenvalue weighted by Crippen LogP contribution is 2.18. The summed E-state index contributed by atoms with van der Waals surface area (Å²) in [5, 5.41) is 33.9. The number of aliphatic hydroxyl groups excluding tert-OH is 3. The third kappa shape index (κ3) is 9.81. The van der Waals surface area contributed by atoms with Crippen molar-refractivity contribution in [2.24, 2.45) is 5.41 Å². The Morgan fingerprint density at radius 2 is 1.45 bits per heavy atom. The Bertz CT molecular complexity index is 375. The van der Waals surface area contributed by atoms with Crippen molar-refractivity contribution in [3.63, 3.8) is 0 Å². The molecule has 8 nitrogen and oxygen atoms in total. The van der Waals surface area contributed by atoms with Crippen molar-refractivity contribution in [2.45, 2.75) is 20.3 Å². The van der Waals surface area contributed by atoms with Crippen LogP contribution >= 0.6 is 0 Å². The Kier molecular flexibility index (Phi) is 11.7. The predicted molar refractivity (Wildman–Crippen MR) is 76.7 cm³/mol. The summed E-state index contributed by atoms with van der Waals surface area (Å²) in [6.07, 6.45) is 2.77. The van der Waals surface area contributed by atoms with Gasteiger partial charge in [-0.25, -0.2) is 14.4 Å². The maximum atomic E-state index is 9.92. The first-order valence-electron chi connectivity index (χ1n) is 6.33. The second-order valence-corrected chi connectivity index (χ2v) is 4.49. The number of cyclic esters (lactones) is 2. The number of carboxylic acids is 1. The van der Waals surface area contributed by atoms with Gasteiger partial charge >= 0.3 is 17.9 Å². The van der Waals surface area contributed by atoms with E-state index < -0.39 is 23.3 Å². The molecule has 0 fully saturated rings. The van der Waals surface area contributed by atoms with Gasteiger partial charge in [0.2, 0.25) is 0 Å². The highest BCUT2D eigenvalue weighted by atomic mass is 16.6. The third-order valence-corrected chi connectivity index (χ3v) is 2.68. The number of rotatable bonds is 5. The van der Waals surface area contributed by atoms with Crippen LogP contribution in [0.1, 0.15) is 20.3 Å². The maximum absolute atomic E-state index is 9.92. The second-order valence-electron chi connectivity index (χ2n) is 4.49. The first-order valence-corrected chi connectivity index (χ1v) is 6.33. The number of hydrogen-bond donors (Lipinski definition) is 4. The molecular formula is C14H22O8. The van der Waals surface area contributed by atoms with E-state index in [1.807, 2.05) is 6.92 Å². The van der Waals surface area contributed by atoms with E-state index in [0.29, 0.717) is 6.42 Å². The summed E-state index contributed by atoms with van der Waals surface area (Å²) < 4.78 is 3.97. The number of hydrogen-bond acceptors (Lipinski definition) is 7. The molecule has 0 aromatic rings. The summed E-state index contributed by atoms with van der Waals surface area (Å²) in [6, 6.07) is 0. The molecule has 1 heterocycles. The molecule has 126 valence electrons. The molecular weight excluding hydrogens is 296 g/mol. The van der Waals surface area contributed by atoms with Gasteiger partial charge in [-0.15, -0.1) is 0 Å². The van der Waals surface area contributed by atoms with E-state index in [1.165, 1.54) is 6.92 Å². The lowest BCUT2D eigenvalue weighted by Gasteiger charge is -2.24. The lowest BCUT2D eigenvalue weighted by atomic mass is 9.88. The molecule has 0 spiro atoms. The topological polar surface area (TPSA) is 141 Å². The average molecular weight is 318 g/mol. The average Bonchev–Trinajstić information content (AvgIpc) is 2.87. The molecule has 0 saturated heterocycles. The summed E-state index contributed by atoms with van der Waals surface area (Å²) in [4.78, 5) is 29.4. The fraction of sp³-hybridized carbons (Fsp3) is 0.500. The normalized spacial score (nSPS) is 12.6. The van der Waals surface area contributed by atoms with Crippen LogP contribution < -0.4 is 0 Å². The lowest BCUT2D eigenvalue weighted by molar-refractivity contribution is -0.150. The van der Waals surface area contributed by atoms with E-state index in [0.717, 1.165) is 12.2 Å². The van der Waals surface area contributed by atoms with Gasteiger partial charge in [-0.3, -0.25) is 0 Å². The minimum atomic E-state index is -0.935. The van der Waals surface area contributed by atoms with E-state index in [2.05, 4.69) is 11.3 Å². The summed E-state index contributed by atoms with van der Waals surface area (Å²) in [5.74, 6) is -2.09. The van der Waals surface area contributed by atoms with Crippen LogP contribution in [0.15, 0.2) is 24.3 Å². The van der Waals surface area contributed by atoms with E-state index in [-0.39, 0.29) is 25.4 Å². The predicted octanol–water partition coefficient (Wildman–Crippen LogP) is -0.367. The Hall–Kier alpha value is -2.03. The number of carboxylic acid groups (broad SMARTS) is 1. The van der Waals surface area contributed by atoms with Crippen LogP contribution in [0.25, 0.3) is 0 Å². The number of carbonyl (C=O) groups is 3. The van der Waals surface area contributed by atoms with Gasteiger partial charge < -0.3 is 25.2 Å². The van der Waals surface area contributed by atoms with Gasteiger partial charge in [-0.05, 0) is 13.3 Å². The van der Waals surface area contributed by atoms with Gasteiger partial charge in [-0.2, -0.15) is 0 Å². The molecule has 1 aliphatic rings. The largest absolute Gasteiger partial charge is 0.478 e. The number of ether oxygens (including phenoxy) is 1. The van der Waals surface area contributed by atoms with Crippen molar-refractivity contribution < 1.29 is 39.5 Å². The molecule has 1 rings (SSSR count). The standard InChI is InChI=1S/C6H14O3.C4H2O3.C4H6O2/c1-2-6(3-7,4-8)5-9;5-3-1-2-4(6)7-3;1-3(2)4(5)6/h7-9H,2-5H2,1H3;1-2H;1H2,2H3,(H,5,6). The zero-order valence-corrected chi connectivity index (χ0v) is 12.6. The zero-order chi connectivity index (χ0) is 17.8. The molecule has 0 aliphatic carbocycles. The second kappa shape index (κ2) is 11.6. The van der Waals surface area contributed by atoms with Crippen molar-refractivity contribution in [1.29, 1.82) is 0 Å². The van der Waals surface area contributed by atoms with Gasteiger partial charge in [0, 0.05) is 23.1 Å². The molecule has 0 radical (unpaired) electrons. The summed E-state index contributed by atoms with van der Waals surface area (Å²) in [5.41, 5.74) is -0.491. The summed E-state index contributed by atoms with van der Waals surface area (Å²) in [7, 11) is 0. The quantitative estimate of drug-likeness (QED) is 0.306. The number of aliphatic carboxylic acids is 1. The Balaban J connectivity index is 0. The third-order valence-electron chi connectivity index (χ3n) is 2.68. The van der Waals surface area contributed by atoms with Gasteiger partial charge in [0.1, 0.15) is 0 Å². The van der Waals surface area contributed by atoms with Gasteiger partial charge in [0.15, 0.2) is 0 Å². The van der Waals surface area contributed by atoms with Crippen LogP contribution in [-0.4, -0.2) is 58.2 Å². The minimum absolute atomic E-state index is 0.156. The fourth-order valence-corrected chi connectivity index (χ4v) is 0.789. The summed E-state index contributed by atoms with van der Waals surface area (Å²) >= 11 is 0. The van der Waals surface area contributed by atoms with Crippen molar-refractivity contribution in [3.05, 3.63) is 24.3 Å². The van der Waals surface area contributed by atoms with Gasteiger partial charge in [0.25, 0.3) is 0 Å². The fourth-order valence-electron chi connectivity index (χ4n) is 0.789. The van der Waals surface area contributed by atoms with Crippen LogP contribution in [-0.2, 0) is 19.1 Å². The van der Waals surface area contributed by atoms with Crippen LogP contribution in [0.2, 0.25) is 0 Å². The zero-order valence-electron chi connectivity index (χ0n) is 12.6.